The summed E-state index contributed by atoms with van der Waals surface area (Å²) in [6.45, 7) is 2.10. The van der Waals surface area contributed by atoms with Crippen molar-refractivity contribution in [3.05, 3.63) is 33.1 Å². The molecule has 0 spiro atoms. The minimum absolute atomic E-state index is 0.121. The molecule has 0 radical (unpaired) electrons. The van der Waals surface area contributed by atoms with Gasteiger partial charge in [-0.1, -0.05) is 6.07 Å². The van der Waals surface area contributed by atoms with Crippen LogP contribution in [-0.2, 0) is 6.54 Å². The fourth-order valence-corrected chi connectivity index (χ4v) is 2.34. The van der Waals surface area contributed by atoms with Crippen molar-refractivity contribution in [3.63, 3.8) is 0 Å². The summed E-state index contributed by atoms with van der Waals surface area (Å²) >= 11 is 2.04. The Labute approximate surface area is 104 Å². The lowest BCUT2D eigenvalue weighted by atomic mass is 10.2. The third-order valence-corrected chi connectivity index (χ3v) is 3.53. The number of nitrogens with zero attached hydrogens (tertiary/aromatic N) is 1. The quantitative estimate of drug-likeness (QED) is 0.770. The van der Waals surface area contributed by atoms with Crippen molar-refractivity contribution in [1.29, 1.82) is 0 Å². The topological polar surface area (TPSA) is 3.24 Å². The highest BCUT2D eigenvalue weighted by Crippen LogP contribution is 2.29. The van der Waals surface area contributed by atoms with Crippen LogP contribution in [0.25, 0.3) is 0 Å². The van der Waals surface area contributed by atoms with E-state index in [1.807, 2.05) is 34.7 Å². The van der Waals surface area contributed by atoms with Gasteiger partial charge in [-0.15, -0.1) is 0 Å². The first kappa shape index (κ1) is 11.3. The first-order chi connectivity index (χ1) is 7.15. The molecule has 0 amide bonds. The Balaban J connectivity index is 1.93. The van der Waals surface area contributed by atoms with Crippen molar-refractivity contribution in [2.45, 2.75) is 19.4 Å². The van der Waals surface area contributed by atoms with Gasteiger partial charge in [0.05, 0.1) is 0 Å². The molecule has 1 aromatic rings. The Morgan fingerprint density at radius 1 is 1.47 bits per heavy atom. The van der Waals surface area contributed by atoms with E-state index in [9.17, 15) is 4.39 Å². The van der Waals surface area contributed by atoms with E-state index in [2.05, 4.69) is 11.9 Å². The lowest BCUT2D eigenvalue weighted by Gasteiger charge is -2.16. The summed E-state index contributed by atoms with van der Waals surface area (Å²) in [6.07, 6.45) is 2.76. The summed E-state index contributed by atoms with van der Waals surface area (Å²) in [4.78, 5) is 2.32. The van der Waals surface area contributed by atoms with E-state index in [0.29, 0.717) is 3.57 Å². The Hall–Kier alpha value is -0.160. The van der Waals surface area contributed by atoms with Gasteiger partial charge in [-0.2, -0.15) is 0 Å². The van der Waals surface area contributed by atoms with Gasteiger partial charge in [0.15, 0.2) is 0 Å². The van der Waals surface area contributed by atoms with Gasteiger partial charge in [0.2, 0.25) is 0 Å². The Morgan fingerprint density at radius 2 is 2.20 bits per heavy atom. The van der Waals surface area contributed by atoms with Crippen LogP contribution in [-0.4, -0.2) is 18.5 Å². The minimum Gasteiger partial charge on any atom is -0.302 e. The van der Waals surface area contributed by atoms with Crippen molar-refractivity contribution < 1.29 is 4.39 Å². The van der Waals surface area contributed by atoms with Crippen LogP contribution >= 0.6 is 22.6 Å². The molecule has 1 fully saturated rings. The molecule has 3 heteroatoms. The van der Waals surface area contributed by atoms with Gasteiger partial charge in [-0.3, -0.25) is 0 Å². The van der Waals surface area contributed by atoms with Crippen molar-refractivity contribution in [2.24, 2.45) is 5.92 Å². The third kappa shape index (κ3) is 3.41. The highest BCUT2D eigenvalue weighted by molar-refractivity contribution is 14.1. The van der Waals surface area contributed by atoms with E-state index >= 15 is 0 Å². The summed E-state index contributed by atoms with van der Waals surface area (Å²) in [5, 5.41) is 0. The molecule has 0 unspecified atom stereocenters. The lowest BCUT2D eigenvalue weighted by molar-refractivity contribution is 0.313. The van der Waals surface area contributed by atoms with Gasteiger partial charge >= 0.3 is 0 Å². The fourth-order valence-electron chi connectivity index (χ4n) is 1.76. The standard InChI is InChI=1S/C12H15FIN/c1-15(7-9-2-3-9)8-10-4-5-11(13)12(14)6-10/h4-6,9H,2-3,7-8H2,1H3. The van der Waals surface area contributed by atoms with Crippen molar-refractivity contribution in [2.75, 3.05) is 13.6 Å². The normalized spacial score (nSPS) is 16.0. The smallest absolute Gasteiger partial charge is 0.136 e. The highest BCUT2D eigenvalue weighted by Gasteiger charge is 2.22. The highest BCUT2D eigenvalue weighted by atomic mass is 127. The van der Waals surface area contributed by atoms with Gasteiger partial charge in [-0.05, 0) is 66.1 Å². The molecule has 82 valence electrons. The van der Waals surface area contributed by atoms with Crippen LogP contribution in [0.2, 0.25) is 0 Å². The molecular formula is C12H15FIN. The summed E-state index contributed by atoms with van der Waals surface area (Å²) < 4.78 is 13.7. The summed E-state index contributed by atoms with van der Waals surface area (Å²) in [5.74, 6) is 0.790. The minimum atomic E-state index is -0.121. The van der Waals surface area contributed by atoms with E-state index < -0.39 is 0 Å². The Bertz CT molecular complexity index is 349. The van der Waals surface area contributed by atoms with Gasteiger partial charge in [0.25, 0.3) is 0 Å². The zero-order valence-corrected chi connectivity index (χ0v) is 11.0. The second-order valence-corrected chi connectivity index (χ2v) is 5.55. The maximum atomic E-state index is 13.0. The molecule has 0 atom stereocenters. The summed E-state index contributed by atoms with van der Waals surface area (Å²) in [7, 11) is 2.13. The number of rotatable bonds is 4. The van der Waals surface area contributed by atoms with Crippen LogP contribution in [0.3, 0.4) is 0 Å². The van der Waals surface area contributed by atoms with Crippen molar-refractivity contribution in [1.82, 2.24) is 4.90 Å². The molecular weight excluding hydrogens is 304 g/mol. The fraction of sp³-hybridized carbons (Fsp3) is 0.500. The molecule has 0 N–H and O–H groups in total. The van der Waals surface area contributed by atoms with Gasteiger partial charge < -0.3 is 4.90 Å². The Kier molecular flexibility index (Phi) is 3.61. The molecule has 2 rings (SSSR count). The Morgan fingerprint density at radius 3 is 2.80 bits per heavy atom. The zero-order valence-electron chi connectivity index (χ0n) is 8.84. The number of hydrogen-bond donors (Lipinski definition) is 0. The maximum absolute atomic E-state index is 13.0. The molecule has 15 heavy (non-hydrogen) atoms. The van der Waals surface area contributed by atoms with Crippen molar-refractivity contribution in [3.8, 4) is 0 Å². The van der Waals surface area contributed by atoms with Crippen LogP contribution in [0.4, 0.5) is 4.39 Å². The van der Waals surface area contributed by atoms with E-state index in [1.165, 1.54) is 24.9 Å². The summed E-state index contributed by atoms with van der Waals surface area (Å²) in [6, 6.07) is 5.36. The number of hydrogen-bond acceptors (Lipinski definition) is 1. The molecule has 1 saturated carbocycles. The van der Waals surface area contributed by atoms with Crippen LogP contribution in [0.5, 0.6) is 0 Å². The number of halogens is 2. The predicted octanol–water partition coefficient (Wildman–Crippen LogP) is 3.27. The molecule has 1 aromatic carbocycles. The lowest BCUT2D eigenvalue weighted by Crippen LogP contribution is -2.20. The maximum Gasteiger partial charge on any atom is 0.136 e. The van der Waals surface area contributed by atoms with Gasteiger partial charge in [-0.25, -0.2) is 4.39 Å². The van der Waals surface area contributed by atoms with Crippen LogP contribution in [0, 0.1) is 15.3 Å². The van der Waals surface area contributed by atoms with Crippen LogP contribution in [0.1, 0.15) is 18.4 Å². The zero-order chi connectivity index (χ0) is 10.8. The number of benzene rings is 1. The average molecular weight is 319 g/mol. The second kappa shape index (κ2) is 4.78. The largest absolute Gasteiger partial charge is 0.302 e. The van der Waals surface area contributed by atoms with Crippen LogP contribution in [0.15, 0.2) is 18.2 Å². The van der Waals surface area contributed by atoms with E-state index in [-0.39, 0.29) is 5.82 Å². The molecule has 0 heterocycles. The first-order valence-corrected chi connectivity index (χ1v) is 6.35. The van der Waals surface area contributed by atoms with Crippen molar-refractivity contribution >= 4 is 22.6 Å². The summed E-state index contributed by atoms with van der Waals surface area (Å²) in [5.41, 5.74) is 1.20. The molecule has 1 aliphatic rings. The second-order valence-electron chi connectivity index (χ2n) is 4.39. The monoisotopic (exact) mass is 319 g/mol. The predicted molar refractivity (Wildman–Crippen MR) is 68.2 cm³/mol. The van der Waals surface area contributed by atoms with Gasteiger partial charge in [0, 0.05) is 16.7 Å². The molecule has 0 aromatic heterocycles. The molecule has 0 bridgehead atoms. The molecule has 0 saturated heterocycles. The molecule has 0 aliphatic heterocycles. The average Bonchev–Trinajstić information content (AvgIpc) is 2.95. The van der Waals surface area contributed by atoms with Crippen LogP contribution < -0.4 is 0 Å². The van der Waals surface area contributed by atoms with E-state index in [4.69, 9.17) is 0 Å². The molecule has 1 nitrogen and oxygen atoms in total. The first-order valence-electron chi connectivity index (χ1n) is 5.27. The third-order valence-electron chi connectivity index (χ3n) is 2.70. The van der Waals surface area contributed by atoms with Gasteiger partial charge in [0.1, 0.15) is 5.82 Å². The van der Waals surface area contributed by atoms with E-state index in [1.54, 1.807) is 6.07 Å². The molecule has 1 aliphatic carbocycles. The SMILES string of the molecule is CN(Cc1ccc(F)c(I)c1)CC1CC1. The van der Waals surface area contributed by atoms with E-state index in [0.717, 1.165) is 12.5 Å².